The van der Waals surface area contributed by atoms with Crippen LogP contribution in [-0.4, -0.2) is 12.3 Å². The summed E-state index contributed by atoms with van der Waals surface area (Å²) in [7, 11) is 0. The van der Waals surface area contributed by atoms with E-state index < -0.39 is 0 Å². The van der Waals surface area contributed by atoms with E-state index >= 15 is 0 Å². The van der Waals surface area contributed by atoms with Crippen LogP contribution in [0.2, 0.25) is 0 Å². The lowest BCUT2D eigenvalue weighted by molar-refractivity contribution is 0.932. The van der Waals surface area contributed by atoms with Crippen molar-refractivity contribution in [2.75, 3.05) is 6.54 Å². The lowest BCUT2D eigenvalue weighted by Gasteiger charge is -1.85. The first kappa shape index (κ1) is 6.67. The second kappa shape index (κ2) is 3.85. The molecule has 1 heteroatoms. The topological polar surface area (TPSA) is 12.4 Å². The molecular formula is C6H12N. The van der Waals surface area contributed by atoms with E-state index in [9.17, 15) is 0 Å². The highest BCUT2D eigenvalue weighted by Gasteiger charge is 1.73. The summed E-state index contributed by atoms with van der Waals surface area (Å²) in [6.45, 7) is 8.57. The van der Waals surface area contributed by atoms with E-state index in [0.717, 1.165) is 18.7 Å². The van der Waals surface area contributed by atoms with E-state index in [0.29, 0.717) is 0 Å². The van der Waals surface area contributed by atoms with Gasteiger partial charge >= 0.3 is 0 Å². The van der Waals surface area contributed by atoms with Crippen LogP contribution >= 0.6 is 0 Å². The Bertz CT molecular complexity index is 60.6. The largest absolute Gasteiger partial charge is 0.294 e. The van der Waals surface area contributed by atoms with Gasteiger partial charge in [0.2, 0.25) is 0 Å². The van der Waals surface area contributed by atoms with Crippen LogP contribution in [0.15, 0.2) is 4.99 Å². The van der Waals surface area contributed by atoms with Gasteiger partial charge in [0.25, 0.3) is 0 Å². The molecule has 0 rings (SSSR count). The molecule has 7 heavy (non-hydrogen) atoms. The highest BCUT2D eigenvalue weighted by Crippen LogP contribution is 1.78. The molecule has 0 spiro atoms. The predicted octanol–water partition coefficient (Wildman–Crippen LogP) is 1.69. The van der Waals surface area contributed by atoms with Crippen LogP contribution in [0.1, 0.15) is 20.3 Å². The summed E-state index contributed by atoms with van der Waals surface area (Å²) < 4.78 is 0. The van der Waals surface area contributed by atoms with Gasteiger partial charge in [-0.3, -0.25) is 4.99 Å². The molecule has 1 nitrogen and oxygen atoms in total. The molecule has 41 valence electrons. The van der Waals surface area contributed by atoms with Gasteiger partial charge in [0, 0.05) is 12.3 Å². The molecule has 0 bridgehead atoms. The van der Waals surface area contributed by atoms with E-state index in [1.807, 2.05) is 6.92 Å². The molecule has 0 amide bonds. The van der Waals surface area contributed by atoms with Crippen LogP contribution in [0.25, 0.3) is 0 Å². The van der Waals surface area contributed by atoms with Crippen molar-refractivity contribution in [2.24, 2.45) is 4.99 Å². The van der Waals surface area contributed by atoms with Crippen molar-refractivity contribution in [1.82, 2.24) is 0 Å². The minimum atomic E-state index is 0.926. The van der Waals surface area contributed by atoms with Gasteiger partial charge in [-0.05, 0) is 20.3 Å². The quantitative estimate of drug-likeness (QED) is 0.466. The molecule has 0 aromatic carbocycles. The van der Waals surface area contributed by atoms with Crippen LogP contribution in [0, 0.1) is 6.92 Å². The van der Waals surface area contributed by atoms with E-state index in [2.05, 4.69) is 18.8 Å². The van der Waals surface area contributed by atoms with E-state index in [1.165, 1.54) is 0 Å². The van der Waals surface area contributed by atoms with Gasteiger partial charge in [-0.2, -0.15) is 0 Å². The maximum Gasteiger partial charge on any atom is 0.0385 e. The molecule has 0 N–H and O–H groups in total. The molecule has 1 radical (unpaired) electrons. The number of aliphatic imine (C=N–C) groups is 1. The molecule has 0 heterocycles. The molecule has 0 saturated heterocycles. The van der Waals surface area contributed by atoms with Gasteiger partial charge in [0.05, 0.1) is 0 Å². The van der Waals surface area contributed by atoms with Crippen molar-refractivity contribution >= 4 is 5.71 Å². The fourth-order valence-electron chi connectivity index (χ4n) is 0.303. The Hall–Kier alpha value is -0.330. The molecule has 0 aromatic rings. The van der Waals surface area contributed by atoms with Crippen molar-refractivity contribution in [3.8, 4) is 0 Å². The molecule has 0 aliphatic carbocycles. The summed E-state index contributed by atoms with van der Waals surface area (Å²) in [6, 6.07) is 0. The van der Waals surface area contributed by atoms with Crippen molar-refractivity contribution in [3.05, 3.63) is 6.92 Å². The lowest BCUT2D eigenvalue weighted by atomic mass is 10.4. The number of hydrogen-bond acceptors (Lipinski definition) is 1. The van der Waals surface area contributed by atoms with E-state index in [1.54, 1.807) is 0 Å². The zero-order valence-corrected chi connectivity index (χ0v) is 5.07. The lowest BCUT2D eigenvalue weighted by Crippen LogP contribution is -1.83. The zero-order valence-electron chi connectivity index (χ0n) is 5.07. The van der Waals surface area contributed by atoms with Gasteiger partial charge in [-0.15, -0.1) is 0 Å². The van der Waals surface area contributed by atoms with Gasteiger partial charge in [-0.25, -0.2) is 0 Å². The van der Waals surface area contributed by atoms with Crippen LogP contribution in [0.5, 0.6) is 0 Å². The van der Waals surface area contributed by atoms with Crippen LogP contribution in [-0.2, 0) is 0 Å². The Morgan fingerprint density at radius 1 is 1.71 bits per heavy atom. The molecule has 0 atom stereocenters. The second-order valence-corrected chi connectivity index (χ2v) is 1.62. The van der Waals surface area contributed by atoms with Crippen molar-refractivity contribution in [3.63, 3.8) is 0 Å². The minimum Gasteiger partial charge on any atom is -0.294 e. The van der Waals surface area contributed by atoms with Crippen molar-refractivity contribution in [2.45, 2.75) is 20.3 Å². The Balaban J connectivity index is 3.08. The monoisotopic (exact) mass is 98.1 g/mol. The molecule has 0 saturated carbocycles. The third kappa shape index (κ3) is 5.67. The van der Waals surface area contributed by atoms with Crippen LogP contribution in [0.4, 0.5) is 0 Å². The highest BCUT2D eigenvalue weighted by atomic mass is 14.7. The van der Waals surface area contributed by atoms with Gasteiger partial charge in [0.15, 0.2) is 0 Å². The first-order valence-electron chi connectivity index (χ1n) is 2.60. The first-order chi connectivity index (χ1) is 3.27. The third-order valence-corrected chi connectivity index (χ3v) is 0.605. The maximum absolute atomic E-state index is 4.05. The summed E-state index contributed by atoms with van der Waals surface area (Å²) in [4.78, 5) is 4.05. The number of hydrogen-bond donors (Lipinski definition) is 0. The summed E-state index contributed by atoms with van der Waals surface area (Å²) in [5, 5.41) is 0. The Labute approximate surface area is 45.5 Å². The first-order valence-corrected chi connectivity index (χ1v) is 2.60. The standard InChI is InChI=1S/C6H12N/c1-4-5-7-6(2)3/h2,4-5H2,1,3H3/b7-6+. The summed E-state index contributed by atoms with van der Waals surface area (Å²) in [5.74, 6) is 0. The van der Waals surface area contributed by atoms with Crippen LogP contribution in [0.3, 0.4) is 0 Å². The molecule has 0 fully saturated rings. The minimum absolute atomic E-state index is 0.926. The smallest absolute Gasteiger partial charge is 0.0385 e. The third-order valence-electron chi connectivity index (χ3n) is 0.605. The SMILES string of the molecule is [CH2]/C(C)=N\CCC. The normalized spacial score (nSPS) is 12.1. The Kier molecular flexibility index (Phi) is 3.67. The molecule has 0 aromatic heterocycles. The average Bonchev–Trinajstić information content (AvgIpc) is 1.61. The van der Waals surface area contributed by atoms with Crippen molar-refractivity contribution < 1.29 is 0 Å². The second-order valence-electron chi connectivity index (χ2n) is 1.62. The Morgan fingerprint density at radius 2 is 2.29 bits per heavy atom. The fourth-order valence-corrected chi connectivity index (χ4v) is 0.303. The van der Waals surface area contributed by atoms with Gasteiger partial charge < -0.3 is 0 Å². The maximum atomic E-state index is 4.05. The number of nitrogens with zero attached hydrogens (tertiary/aromatic N) is 1. The average molecular weight is 98.2 g/mol. The highest BCUT2D eigenvalue weighted by molar-refractivity contribution is 5.85. The van der Waals surface area contributed by atoms with E-state index in [-0.39, 0.29) is 0 Å². The molecule has 0 unspecified atom stereocenters. The van der Waals surface area contributed by atoms with Crippen molar-refractivity contribution in [1.29, 1.82) is 0 Å². The number of rotatable bonds is 2. The zero-order chi connectivity index (χ0) is 5.70. The fraction of sp³-hybridized carbons (Fsp3) is 0.667. The van der Waals surface area contributed by atoms with E-state index in [4.69, 9.17) is 0 Å². The van der Waals surface area contributed by atoms with Gasteiger partial charge in [0.1, 0.15) is 0 Å². The van der Waals surface area contributed by atoms with Gasteiger partial charge in [-0.1, -0.05) is 6.92 Å². The summed E-state index contributed by atoms with van der Waals surface area (Å²) in [5.41, 5.74) is 0.932. The summed E-state index contributed by atoms with van der Waals surface area (Å²) >= 11 is 0. The molecule has 0 aliphatic heterocycles. The van der Waals surface area contributed by atoms with Crippen LogP contribution < -0.4 is 0 Å². The molecule has 0 aliphatic rings. The summed E-state index contributed by atoms with van der Waals surface area (Å²) in [6.07, 6.45) is 1.12. The predicted molar refractivity (Wildman–Crippen MR) is 33.6 cm³/mol. The Morgan fingerprint density at radius 3 is 2.43 bits per heavy atom. The molecular weight excluding hydrogens is 86.1 g/mol.